The molecule has 3 nitrogen and oxygen atoms in total. The largest absolute Gasteiger partial charge is 0.324 e. The van der Waals surface area contributed by atoms with Crippen molar-refractivity contribution in [3.8, 4) is 0 Å². The number of hydrogen-bond donors (Lipinski definition) is 1. The Morgan fingerprint density at radius 1 is 1.26 bits per heavy atom. The highest BCUT2D eigenvalue weighted by Gasteiger charge is 2.08. The van der Waals surface area contributed by atoms with E-state index in [2.05, 4.69) is 49.4 Å². The lowest BCUT2D eigenvalue weighted by Gasteiger charge is -2.11. The molecule has 2 rings (SSSR count). The van der Waals surface area contributed by atoms with Crippen LogP contribution in [-0.4, -0.2) is 15.5 Å². The van der Waals surface area contributed by atoms with Crippen molar-refractivity contribution in [2.24, 2.45) is 5.73 Å². The number of thioether (sulfide) groups is 1. The number of aryl methyl sites for hydroxylation is 1. The molecule has 102 valence electrons. The van der Waals surface area contributed by atoms with E-state index < -0.39 is 0 Å². The van der Waals surface area contributed by atoms with Crippen LogP contribution in [-0.2, 0) is 13.0 Å². The van der Waals surface area contributed by atoms with Gasteiger partial charge in [0.25, 0.3) is 0 Å². The van der Waals surface area contributed by atoms with Crippen molar-refractivity contribution < 1.29 is 0 Å². The molecular formula is C15H21N3S. The van der Waals surface area contributed by atoms with Crippen LogP contribution in [0.4, 0.5) is 0 Å². The smallest absolute Gasteiger partial charge is 0.0522 e. The molecule has 2 N–H and O–H groups in total. The SMILES string of the molecule is CCSc1ccc(C(N)Cc2cnn(CC)c2)cc1. The minimum absolute atomic E-state index is 0.0372. The Kier molecular flexibility index (Phi) is 5.05. The first-order valence-corrected chi connectivity index (χ1v) is 7.71. The average Bonchev–Trinajstić information content (AvgIpc) is 2.87. The van der Waals surface area contributed by atoms with Crippen LogP contribution in [0, 0.1) is 0 Å². The van der Waals surface area contributed by atoms with Gasteiger partial charge in [-0.1, -0.05) is 19.1 Å². The van der Waals surface area contributed by atoms with Crippen LogP contribution in [0.5, 0.6) is 0 Å². The zero-order chi connectivity index (χ0) is 13.7. The van der Waals surface area contributed by atoms with Crippen LogP contribution in [0.15, 0.2) is 41.6 Å². The maximum Gasteiger partial charge on any atom is 0.0522 e. The minimum Gasteiger partial charge on any atom is -0.324 e. The highest BCUT2D eigenvalue weighted by molar-refractivity contribution is 7.99. The summed E-state index contributed by atoms with van der Waals surface area (Å²) in [5.74, 6) is 1.10. The van der Waals surface area contributed by atoms with E-state index in [1.165, 1.54) is 16.0 Å². The number of aromatic nitrogens is 2. The number of benzene rings is 1. The standard InChI is InChI=1S/C15H21N3S/c1-3-18-11-12(10-17-18)9-15(16)13-5-7-14(8-6-13)19-4-2/h5-8,10-11,15H,3-4,9,16H2,1-2H3. The molecule has 1 aromatic carbocycles. The lowest BCUT2D eigenvalue weighted by molar-refractivity contribution is 0.657. The molecule has 0 amide bonds. The van der Waals surface area contributed by atoms with Gasteiger partial charge in [-0.15, -0.1) is 11.8 Å². The minimum atomic E-state index is 0.0372. The third-order valence-corrected chi connectivity index (χ3v) is 3.98. The van der Waals surface area contributed by atoms with Crippen molar-refractivity contribution in [1.82, 2.24) is 9.78 Å². The third kappa shape index (κ3) is 3.85. The summed E-state index contributed by atoms with van der Waals surface area (Å²) in [6.45, 7) is 5.15. The molecule has 0 fully saturated rings. The van der Waals surface area contributed by atoms with Crippen molar-refractivity contribution in [3.63, 3.8) is 0 Å². The van der Waals surface area contributed by atoms with Crippen LogP contribution in [0.1, 0.15) is 31.0 Å². The van der Waals surface area contributed by atoms with E-state index in [0.717, 1.165) is 18.7 Å². The van der Waals surface area contributed by atoms with Gasteiger partial charge >= 0.3 is 0 Å². The quantitative estimate of drug-likeness (QED) is 0.823. The summed E-state index contributed by atoms with van der Waals surface area (Å²) in [6, 6.07) is 8.60. The molecule has 1 heterocycles. The molecule has 4 heteroatoms. The van der Waals surface area contributed by atoms with Crippen LogP contribution >= 0.6 is 11.8 Å². The predicted octanol–water partition coefficient (Wildman–Crippen LogP) is 3.26. The van der Waals surface area contributed by atoms with Gasteiger partial charge in [0.15, 0.2) is 0 Å². The van der Waals surface area contributed by atoms with Gasteiger partial charge in [0, 0.05) is 23.7 Å². The van der Waals surface area contributed by atoms with Gasteiger partial charge in [0.1, 0.15) is 0 Å². The fourth-order valence-corrected chi connectivity index (χ4v) is 2.70. The summed E-state index contributed by atoms with van der Waals surface area (Å²) in [5.41, 5.74) is 8.64. The molecule has 1 atom stereocenters. The average molecular weight is 275 g/mol. The Balaban J connectivity index is 2.00. The molecule has 0 aliphatic rings. The van der Waals surface area contributed by atoms with E-state index in [0.29, 0.717) is 0 Å². The summed E-state index contributed by atoms with van der Waals surface area (Å²) in [5, 5.41) is 4.28. The second kappa shape index (κ2) is 6.78. The van der Waals surface area contributed by atoms with Crippen LogP contribution in [0.25, 0.3) is 0 Å². The Morgan fingerprint density at radius 3 is 2.58 bits per heavy atom. The Morgan fingerprint density at radius 2 is 2.00 bits per heavy atom. The number of nitrogens with two attached hydrogens (primary N) is 1. The van der Waals surface area contributed by atoms with Crippen LogP contribution in [0.3, 0.4) is 0 Å². The molecule has 2 aromatic rings. The first-order valence-electron chi connectivity index (χ1n) is 6.72. The maximum atomic E-state index is 6.26. The topological polar surface area (TPSA) is 43.8 Å². The van der Waals surface area contributed by atoms with E-state index in [4.69, 9.17) is 5.73 Å². The first-order chi connectivity index (χ1) is 9.22. The number of hydrogen-bond acceptors (Lipinski definition) is 3. The first kappa shape index (κ1) is 14.2. The summed E-state index contributed by atoms with van der Waals surface area (Å²) in [6.07, 6.45) is 4.81. The monoisotopic (exact) mass is 275 g/mol. The summed E-state index contributed by atoms with van der Waals surface area (Å²) >= 11 is 1.85. The molecule has 1 aromatic heterocycles. The van der Waals surface area contributed by atoms with Crippen molar-refractivity contribution in [2.45, 2.75) is 37.8 Å². The zero-order valence-corrected chi connectivity index (χ0v) is 12.4. The molecular weight excluding hydrogens is 254 g/mol. The Hall–Kier alpha value is -1.26. The van der Waals surface area contributed by atoms with Gasteiger partial charge in [0.2, 0.25) is 0 Å². The number of nitrogens with zero attached hydrogens (tertiary/aromatic N) is 2. The van der Waals surface area contributed by atoms with Crippen molar-refractivity contribution in [3.05, 3.63) is 47.8 Å². The molecule has 0 spiro atoms. The molecule has 0 bridgehead atoms. The number of rotatable bonds is 6. The molecule has 0 aliphatic heterocycles. The summed E-state index contributed by atoms with van der Waals surface area (Å²) in [4.78, 5) is 1.30. The van der Waals surface area contributed by atoms with Gasteiger partial charge in [-0.05, 0) is 42.4 Å². The van der Waals surface area contributed by atoms with Crippen molar-refractivity contribution in [2.75, 3.05) is 5.75 Å². The Labute approximate surface area is 119 Å². The molecule has 0 radical (unpaired) electrons. The maximum absolute atomic E-state index is 6.26. The fourth-order valence-electron chi connectivity index (χ4n) is 2.03. The van der Waals surface area contributed by atoms with Gasteiger partial charge in [-0.2, -0.15) is 5.10 Å². The van der Waals surface area contributed by atoms with Crippen molar-refractivity contribution >= 4 is 11.8 Å². The van der Waals surface area contributed by atoms with Gasteiger partial charge in [-0.3, -0.25) is 4.68 Å². The second-order valence-electron chi connectivity index (χ2n) is 4.52. The molecule has 0 saturated carbocycles. The third-order valence-electron chi connectivity index (χ3n) is 3.09. The zero-order valence-electron chi connectivity index (χ0n) is 11.5. The molecule has 0 aliphatic carbocycles. The fraction of sp³-hybridized carbons (Fsp3) is 0.400. The highest BCUT2D eigenvalue weighted by atomic mass is 32.2. The van der Waals surface area contributed by atoms with E-state index in [1.807, 2.05) is 22.6 Å². The molecule has 19 heavy (non-hydrogen) atoms. The van der Waals surface area contributed by atoms with E-state index in [-0.39, 0.29) is 6.04 Å². The normalized spacial score (nSPS) is 12.6. The highest BCUT2D eigenvalue weighted by Crippen LogP contribution is 2.21. The van der Waals surface area contributed by atoms with E-state index in [1.54, 1.807) is 0 Å². The van der Waals surface area contributed by atoms with Crippen molar-refractivity contribution in [1.29, 1.82) is 0 Å². The summed E-state index contributed by atoms with van der Waals surface area (Å²) in [7, 11) is 0. The Bertz CT molecular complexity index is 504. The molecule has 1 unspecified atom stereocenters. The van der Waals surface area contributed by atoms with Gasteiger partial charge in [-0.25, -0.2) is 0 Å². The second-order valence-corrected chi connectivity index (χ2v) is 5.85. The summed E-state index contributed by atoms with van der Waals surface area (Å²) < 4.78 is 1.93. The van der Waals surface area contributed by atoms with Crippen LogP contribution < -0.4 is 5.73 Å². The van der Waals surface area contributed by atoms with E-state index in [9.17, 15) is 0 Å². The van der Waals surface area contributed by atoms with Gasteiger partial charge < -0.3 is 5.73 Å². The predicted molar refractivity (Wildman–Crippen MR) is 81.4 cm³/mol. The van der Waals surface area contributed by atoms with E-state index >= 15 is 0 Å². The lowest BCUT2D eigenvalue weighted by Crippen LogP contribution is -2.12. The van der Waals surface area contributed by atoms with Crippen LogP contribution in [0.2, 0.25) is 0 Å². The lowest BCUT2D eigenvalue weighted by atomic mass is 10.0. The molecule has 0 saturated heterocycles. The van der Waals surface area contributed by atoms with Gasteiger partial charge in [0.05, 0.1) is 6.20 Å².